The number of rotatable bonds is 5. The molecule has 0 spiro atoms. The first kappa shape index (κ1) is 13.5. The number of hydrogen-bond acceptors (Lipinski definition) is 5. The molecule has 0 saturated heterocycles. The minimum Gasteiger partial charge on any atom is -0.332 e. The first-order valence-corrected chi connectivity index (χ1v) is 7.00. The summed E-state index contributed by atoms with van der Waals surface area (Å²) < 4.78 is 7.00. The lowest BCUT2D eigenvalue weighted by atomic mass is 10.1. The third-order valence-electron chi connectivity index (χ3n) is 3.19. The fourth-order valence-electron chi connectivity index (χ4n) is 1.97. The Balaban J connectivity index is 1.68. The van der Waals surface area contributed by atoms with E-state index in [1.54, 1.807) is 4.68 Å². The molecule has 0 aliphatic heterocycles. The van der Waals surface area contributed by atoms with Gasteiger partial charge in [-0.25, -0.2) is 0 Å². The van der Waals surface area contributed by atoms with Crippen LogP contribution in [0, 0.1) is 0 Å². The van der Waals surface area contributed by atoms with Gasteiger partial charge in [0.25, 0.3) is 5.89 Å². The predicted octanol–water partition coefficient (Wildman–Crippen LogP) is 2.69. The van der Waals surface area contributed by atoms with Gasteiger partial charge in [-0.2, -0.15) is 4.98 Å². The predicted molar refractivity (Wildman–Crippen MR) is 77.5 cm³/mol. The molecule has 3 aromatic rings. The molecule has 1 aromatic carbocycles. The van der Waals surface area contributed by atoms with E-state index < -0.39 is 0 Å². The quantitative estimate of drug-likeness (QED) is 0.720. The first-order valence-electron chi connectivity index (χ1n) is 7.00. The van der Waals surface area contributed by atoms with Gasteiger partial charge >= 0.3 is 0 Å². The smallest absolute Gasteiger partial charge is 0.280 e. The van der Waals surface area contributed by atoms with Crippen LogP contribution in [0.2, 0.25) is 0 Å². The minimum absolute atomic E-state index is 0.232. The van der Waals surface area contributed by atoms with Crippen LogP contribution >= 0.6 is 0 Å². The highest BCUT2D eigenvalue weighted by Crippen LogP contribution is 2.17. The molecule has 108 valence electrons. The number of hydrogen-bond donors (Lipinski definition) is 0. The lowest BCUT2D eigenvalue weighted by molar-refractivity contribution is 0.418. The zero-order valence-electron chi connectivity index (χ0n) is 12.1. The SMILES string of the molecule is CC(C)c1noc(-c2cn(CCc3ccccc3)nn2)n1. The van der Waals surface area contributed by atoms with E-state index in [0.717, 1.165) is 13.0 Å². The highest BCUT2D eigenvalue weighted by molar-refractivity contribution is 5.43. The van der Waals surface area contributed by atoms with Crippen molar-refractivity contribution < 1.29 is 4.52 Å². The van der Waals surface area contributed by atoms with Crippen LogP contribution in [0.4, 0.5) is 0 Å². The maximum Gasteiger partial charge on any atom is 0.280 e. The van der Waals surface area contributed by atoms with Crippen molar-refractivity contribution in [2.75, 3.05) is 0 Å². The number of aromatic nitrogens is 5. The maximum absolute atomic E-state index is 5.21. The molecule has 2 heterocycles. The molecule has 0 aliphatic rings. The van der Waals surface area contributed by atoms with Crippen molar-refractivity contribution in [1.29, 1.82) is 0 Å². The van der Waals surface area contributed by atoms with Crippen LogP contribution in [0.1, 0.15) is 31.2 Å². The summed E-state index contributed by atoms with van der Waals surface area (Å²) in [6.07, 6.45) is 2.74. The summed E-state index contributed by atoms with van der Waals surface area (Å²) in [5.74, 6) is 1.34. The average molecular weight is 283 g/mol. The monoisotopic (exact) mass is 283 g/mol. The Morgan fingerprint density at radius 2 is 2.00 bits per heavy atom. The fraction of sp³-hybridized carbons (Fsp3) is 0.333. The van der Waals surface area contributed by atoms with Crippen molar-refractivity contribution >= 4 is 0 Å². The molecule has 0 radical (unpaired) electrons. The van der Waals surface area contributed by atoms with E-state index in [1.807, 2.05) is 38.2 Å². The highest BCUT2D eigenvalue weighted by atomic mass is 16.5. The summed E-state index contributed by atoms with van der Waals surface area (Å²) in [6, 6.07) is 10.3. The molecular formula is C15H17N5O. The van der Waals surface area contributed by atoms with Crippen LogP contribution in [-0.2, 0) is 13.0 Å². The molecule has 0 amide bonds. The molecule has 2 aromatic heterocycles. The molecule has 0 bridgehead atoms. The lowest BCUT2D eigenvalue weighted by Crippen LogP contribution is -2.01. The molecule has 6 heteroatoms. The van der Waals surface area contributed by atoms with Crippen LogP contribution in [-0.4, -0.2) is 25.1 Å². The highest BCUT2D eigenvalue weighted by Gasteiger charge is 2.14. The summed E-state index contributed by atoms with van der Waals surface area (Å²) in [7, 11) is 0. The van der Waals surface area contributed by atoms with Gasteiger partial charge in [0.15, 0.2) is 11.5 Å². The van der Waals surface area contributed by atoms with Crippen LogP contribution in [0.5, 0.6) is 0 Å². The van der Waals surface area contributed by atoms with E-state index in [9.17, 15) is 0 Å². The summed E-state index contributed by atoms with van der Waals surface area (Å²) in [4.78, 5) is 4.32. The second kappa shape index (κ2) is 5.87. The van der Waals surface area contributed by atoms with E-state index in [2.05, 4.69) is 32.6 Å². The summed E-state index contributed by atoms with van der Waals surface area (Å²) in [5.41, 5.74) is 1.89. The van der Waals surface area contributed by atoms with Crippen molar-refractivity contribution in [1.82, 2.24) is 25.1 Å². The van der Waals surface area contributed by atoms with Crippen molar-refractivity contribution in [2.24, 2.45) is 0 Å². The molecular weight excluding hydrogens is 266 g/mol. The van der Waals surface area contributed by atoms with Gasteiger partial charge in [-0.1, -0.05) is 54.5 Å². The first-order chi connectivity index (χ1) is 10.2. The van der Waals surface area contributed by atoms with Crippen LogP contribution < -0.4 is 0 Å². The van der Waals surface area contributed by atoms with E-state index in [4.69, 9.17) is 4.52 Å². The molecule has 21 heavy (non-hydrogen) atoms. The van der Waals surface area contributed by atoms with Gasteiger partial charge in [-0.05, 0) is 12.0 Å². The normalized spacial score (nSPS) is 11.2. The van der Waals surface area contributed by atoms with Gasteiger partial charge < -0.3 is 4.52 Å². The summed E-state index contributed by atoms with van der Waals surface area (Å²) in [6.45, 7) is 4.80. The molecule has 0 aliphatic carbocycles. The van der Waals surface area contributed by atoms with Crippen LogP contribution in [0.3, 0.4) is 0 Å². The molecule has 6 nitrogen and oxygen atoms in total. The number of benzene rings is 1. The van der Waals surface area contributed by atoms with Gasteiger partial charge in [0.05, 0.1) is 6.20 Å². The third kappa shape index (κ3) is 3.16. The topological polar surface area (TPSA) is 69.6 Å². The Morgan fingerprint density at radius 3 is 2.71 bits per heavy atom. The van der Waals surface area contributed by atoms with Gasteiger partial charge in [0, 0.05) is 12.5 Å². The van der Waals surface area contributed by atoms with Crippen LogP contribution in [0.15, 0.2) is 41.1 Å². The zero-order chi connectivity index (χ0) is 14.7. The second-order valence-electron chi connectivity index (χ2n) is 5.21. The van der Waals surface area contributed by atoms with Crippen molar-refractivity contribution in [3.05, 3.63) is 47.9 Å². The maximum atomic E-state index is 5.21. The molecule has 0 saturated carbocycles. The molecule has 0 atom stereocenters. The van der Waals surface area contributed by atoms with E-state index in [0.29, 0.717) is 17.4 Å². The van der Waals surface area contributed by atoms with Crippen molar-refractivity contribution in [2.45, 2.75) is 32.7 Å². The van der Waals surface area contributed by atoms with Crippen molar-refractivity contribution in [3.63, 3.8) is 0 Å². The Morgan fingerprint density at radius 1 is 1.19 bits per heavy atom. The van der Waals surface area contributed by atoms with Gasteiger partial charge in [-0.15, -0.1) is 5.10 Å². The number of aryl methyl sites for hydroxylation is 2. The molecule has 0 fully saturated rings. The van der Waals surface area contributed by atoms with Crippen LogP contribution in [0.25, 0.3) is 11.6 Å². The Hall–Kier alpha value is -2.50. The number of nitrogens with zero attached hydrogens (tertiary/aromatic N) is 5. The van der Waals surface area contributed by atoms with Crippen molar-refractivity contribution in [3.8, 4) is 11.6 Å². The standard InChI is InChI=1S/C15H17N5O/c1-11(2)14-16-15(21-18-14)13-10-20(19-17-13)9-8-12-6-4-3-5-7-12/h3-7,10-11H,8-9H2,1-2H3. The lowest BCUT2D eigenvalue weighted by Gasteiger charge is -2.00. The zero-order valence-corrected chi connectivity index (χ0v) is 12.1. The molecule has 0 unspecified atom stereocenters. The molecule has 3 rings (SSSR count). The van der Waals surface area contributed by atoms with E-state index in [-0.39, 0.29) is 5.92 Å². The summed E-state index contributed by atoms with van der Waals surface area (Å²) >= 11 is 0. The Bertz CT molecular complexity index is 702. The largest absolute Gasteiger partial charge is 0.332 e. The van der Waals surface area contributed by atoms with E-state index >= 15 is 0 Å². The second-order valence-corrected chi connectivity index (χ2v) is 5.21. The Labute approximate surface area is 122 Å². The van der Waals surface area contributed by atoms with Gasteiger partial charge in [0.2, 0.25) is 0 Å². The Kier molecular flexibility index (Phi) is 3.77. The summed E-state index contributed by atoms with van der Waals surface area (Å²) in [5, 5.41) is 12.1. The van der Waals surface area contributed by atoms with Gasteiger partial charge in [-0.3, -0.25) is 4.68 Å². The average Bonchev–Trinajstić information content (AvgIpc) is 3.15. The van der Waals surface area contributed by atoms with Gasteiger partial charge in [0.1, 0.15) is 0 Å². The third-order valence-corrected chi connectivity index (χ3v) is 3.19. The van der Waals surface area contributed by atoms with E-state index in [1.165, 1.54) is 5.56 Å². The minimum atomic E-state index is 0.232. The fourth-order valence-corrected chi connectivity index (χ4v) is 1.97. The molecule has 0 N–H and O–H groups in total.